The summed E-state index contributed by atoms with van der Waals surface area (Å²) in [5.41, 5.74) is 0.345. The SMILES string of the molecule is CCC(OC(=O)O)C1CCCC(C)(C)C1. The van der Waals surface area contributed by atoms with Gasteiger partial charge in [0.1, 0.15) is 6.10 Å². The van der Waals surface area contributed by atoms with Gasteiger partial charge in [-0.25, -0.2) is 4.79 Å². The highest BCUT2D eigenvalue weighted by molar-refractivity contribution is 5.57. The average molecular weight is 214 g/mol. The third-order valence-electron chi connectivity index (χ3n) is 3.42. The third-order valence-corrected chi connectivity index (χ3v) is 3.42. The van der Waals surface area contributed by atoms with Gasteiger partial charge in [-0.1, -0.05) is 27.2 Å². The van der Waals surface area contributed by atoms with Gasteiger partial charge in [0.05, 0.1) is 0 Å². The minimum Gasteiger partial charge on any atom is -0.450 e. The zero-order chi connectivity index (χ0) is 11.5. The molecule has 88 valence electrons. The van der Waals surface area contributed by atoms with Crippen molar-refractivity contribution in [2.24, 2.45) is 11.3 Å². The predicted molar refractivity (Wildman–Crippen MR) is 58.9 cm³/mol. The van der Waals surface area contributed by atoms with Crippen LogP contribution in [0.1, 0.15) is 52.9 Å². The van der Waals surface area contributed by atoms with Gasteiger partial charge in [0.2, 0.25) is 0 Å². The van der Waals surface area contributed by atoms with E-state index in [4.69, 9.17) is 9.84 Å². The Labute approximate surface area is 91.8 Å². The highest BCUT2D eigenvalue weighted by atomic mass is 16.7. The maximum Gasteiger partial charge on any atom is 0.506 e. The minimum absolute atomic E-state index is 0.109. The van der Waals surface area contributed by atoms with Crippen molar-refractivity contribution in [3.63, 3.8) is 0 Å². The average Bonchev–Trinajstić information content (AvgIpc) is 2.12. The van der Waals surface area contributed by atoms with Crippen LogP contribution in [0.5, 0.6) is 0 Å². The van der Waals surface area contributed by atoms with Crippen LogP contribution < -0.4 is 0 Å². The van der Waals surface area contributed by atoms with E-state index in [0.29, 0.717) is 11.3 Å². The summed E-state index contributed by atoms with van der Waals surface area (Å²) in [5.74, 6) is 0.412. The first-order chi connectivity index (χ1) is 6.94. The molecule has 1 N–H and O–H groups in total. The zero-order valence-corrected chi connectivity index (χ0v) is 9.95. The van der Waals surface area contributed by atoms with Gasteiger partial charge in [-0.3, -0.25) is 0 Å². The Kier molecular flexibility index (Phi) is 4.00. The summed E-state index contributed by atoms with van der Waals surface area (Å²) in [4.78, 5) is 10.6. The van der Waals surface area contributed by atoms with E-state index in [2.05, 4.69) is 13.8 Å². The molecule has 1 aliphatic rings. The van der Waals surface area contributed by atoms with E-state index in [1.807, 2.05) is 6.92 Å². The number of hydrogen-bond donors (Lipinski definition) is 1. The van der Waals surface area contributed by atoms with E-state index in [1.54, 1.807) is 0 Å². The van der Waals surface area contributed by atoms with Crippen molar-refractivity contribution in [2.75, 3.05) is 0 Å². The normalized spacial score (nSPS) is 27.0. The fourth-order valence-electron chi connectivity index (χ4n) is 2.72. The highest BCUT2D eigenvalue weighted by Crippen LogP contribution is 2.41. The third kappa shape index (κ3) is 3.73. The first-order valence-corrected chi connectivity index (χ1v) is 5.84. The molecule has 1 rings (SSSR count). The molecular formula is C12H22O3. The van der Waals surface area contributed by atoms with E-state index in [9.17, 15) is 4.79 Å². The van der Waals surface area contributed by atoms with Gasteiger partial charge >= 0.3 is 6.16 Å². The molecule has 0 heterocycles. The molecule has 0 aromatic heterocycles. The molecule has 0 aromatic carbocycles. The number of rotatable bonds is 3. The van der Waals surface area contributed by atoms with Gasteiger partial charge in [0, 0.05) is 0 Å². The standard InChI is InChI=1S/C12H22O3/c1-4-10(15-11(13)14)9-6-5-7-12(2,3)8-9/h9-10H,4-8H2,1-3H3,(H,13,14). The van der Waals surface area contributed by atoms with Gasteiger partial charge in [-0.15, -0.1) is 0 Å². The Hall–Kier alpha value is -0.730. The maximum absolute atomic E-state index is 10.6. The summed E-state index contributed by atoms with van der Waals surface area (Å²) in [7, 11) is 0. The topological polar surface area (TPSA) is 46.5 Å². The lowest BCUT2D eigenvalue weighted by Gasteiger charge is -2.38. The molecule has 15 heavy (non-hydrogen) atoms. The van der Waals surface area contributed by atoms with Crippen molar-refractivity contribution in [1.82, 2.24) is 0 Å². The first kappa shape index (κ1) is 12.3. The van der Waals surface area contributed by atoms with Gasteiger partial charge in [-0.05, 0) is 37.0 Å². The fraction of sp³-hybridized carbons (Fsp3) is 0.917. The molecule has 3 nitrogen and oxygen atoms in total. The molecule has 2 atom stereocenters. The number of carbonyl (C=O) groups is 1. The fourth-order valence-corrected chi connectivity index (χ4v) is 2.72. The molecule has 1 aliphatic carbocycles. The molecule has 1 fully saturated rings. The molecule has 0 amide bonds. The van der Waals surface area contributed by atoms with Gasteiger partial charge < -0.3 is 9.84 Å². The van der Waals surface area contributed by atoms with Gasteiger partial charge in [0.25, 0.3) is 0 Å². The molecule has 0 radical (unpaired) electrons. The summed E-state index contributed by atoms with van der Waals surface area (Å²) in [6.45, 7) is 6.51. The Balaban J connectivity index is 2.56. The molecular weight excluding hydrogens is 192 g/mol. The van der Waals surface area contributed by atoms with Crippen LogP contribution in [0.15, 0.2) is 0 Å². The predicted octanol–water partition coefficient (Wildman–Crippen LogP) is 3.68. The van der Waals surface area contributed by atoms with Crippen LogP contribution in [0.4, 0.5) is 4.79 Å². The molecule has 3 heteroatoms. The highest BCUT2D eigenvalue weighted by Gasteiger charge is 2.33. The molecule has 0 spiro atoms. The number of carboxylic acid groups (broad SMARTS) is 1. The first-order valence-electron chi connectivity index (χ1n) is 5.84. The van der Waals surface area contributed by atoms with Crippen LogP contribution in [-0.2, 0) is 4.74 Å². The van der Waals surface area contributed by atoms with Crippen LogP contribution >= 0.6 is 0 Å². The van der Waals surface area contributed by atoms with E-state index < -0.39 is 6.16 Å². The summed E-state index contributed by atoms with van der Waals surface area (Å²) in [6.07, 6.45) is 4.16. The van der Waals surface area contributed by atoms with Crippen LogP contribution in [0.2, 0.25) is 0 Å². The lowest BCUT2D eigenvalue weighted by molar-refractivity contribution is -0.00248. The maximum atomic E-state index is 10.6. The monoisotopic (exact) mass is 214 g/mol. The molecule has 1 saturated carbocycles. The largest absolute Gasteiger partial charge is 0.506 e. The van der Waals surface area contributed by atoms with Gasteiger partial charge in [0.15, 0.2) is 0 Å². The number of hydrogen-bond acceptors (Lipinski definition) is 2. The summed E-state index contributed by atoms with van der Waals surface area (Å²) in [6, 6.07) is 0. The van der Waals surface area contributed by atoms with E-state index in [1.165, 1.54) is 12.8 Å². The summed E-state index contributed by atoms with van der Waals surface area (Å²) < 4.78 is 4.95. The van der Waals surface area contributed by atoms with Crippen molar-refractivity contribution in [3.05, 3.63) is 0 Å². The van der Waals surface area contributed by atoms with Crippen molar-refractivity contribution in [1.29, 1.82) is 0 Å². The van der Waals surface area contributed by atoms with Gasteiger partial charge in [-0.2, -0.15) is 0 Å². The Bertz CT molecular complexity index is 223. The van der Waals surface area contributed by atoms with Crippen molar-refractivity contribution in [3.8, 4) is 0 Å². The second-order valence-corrected chi connectivity index (χ2v) is 5.35. The Morgan fingerprint density at radius 2 is 2.27 bits per heavy atom. The van der Waals surface area contributed by atoms with E-state index in [0.717, 1.165) is 19.3 Å². The van der Waals surface area contributed by atoms with Crippen LogP contribution in [0.3, 0.4) is 0 Å². The van der Waals surface area contributed by atoms with Crippen LogP contribution in [0.25, 0.3) is 0 Å². The Morgan fingerprint density at radius 1 is 1.60 bits per heavy atom. The molecule has 0 aromatic rings. The van der Waals surface area contributed by atoms with E-state index >= 15 is 0 Å². The minimum atomic E-state index is -1.13. The Morgan fingerprint density at radius 3 is 2.73 bits per heavy atom. The summed E-state index contributed by atoms with van der Waals surface area (Å²) in [5, 5.41) is 8.65. The second kappa shape index (κ2) is 4.86. The lowest BCUT2D eigenvalue weighted by atomic mass is 9.70. The molecule has 0 saturated heterocycles. The number of ether oxygens (including phenoxy) is 1. The molecule has 0 aliphatic heterocycles. The summed E-state index contributed by atoms with van der Waals surface area (Å²) >= 11 is 0. The van der Waals surface area contributed by atoms with E-state index in [-0.39, 0.29) is 6.10 Å². The van der Waals surface area contributed by atoms with Crippen molar-refractivity contribution in [2.45, 2.75) is 59.0 Å². The van der Waals surface area contributed by atoms with Crippen LogP contribution in [-0.4, -0.2) is 17.4 Å². The zero-order valence-electron chi connectivity index (χ0n) is 9.95. The quantitative estimate of drug-likeness (QED) is 0.729. The smallest absolute Gasteiger partial charge is 0.450 e. The molecule has 0 bridgehead atoms. The van der Waals surface area contributed by atoms with Crippen molar-refractivity contribution >= 4 is 6.16 Å². The van der Waals surface area contributed by atoms with Crippen LogP contribution in [0, 0.1) is 11.3 Å². The van der Waals surface area contributed by atoms with Crippen molar-refractivity contribution < 1.29 is 14.6 Å². The second-order valence-electron chi connectivity index (χ2n) is 5.35. The molecule has 2 unspecified atom stereocenters. The lowest BCUT2D eigenvalue weighted by Crippen LogP contribution is -2.33.